The number of rotatable bonds is 3. The molecule has 16 heavy (non-hydrogen) atoms. The number of nitrogens with two attached hydrogens (primary N) is 1. The van der Waals surface area contributed by atoms with Crippen molar-refractivity contribution in [3.8, 4) is 0 Å². The first-order valence-corrected chi connectivity index (χ1v) is 5.95. The standard InChI is InChI=1S/C13H20N2O/c1-10-5-7-11(8-6-10)13(15-14)12-4-2-3-9-16-12/h5-8,12-13,15H,2-4,9,14H2,1H3. The van der Waals surface area contributed by atoms with Crippen LogP contribution in [0.5, 0.6) is 0 Å². The molecule has 1 saturated heterocycles. The fraction of sp³-hybridized carbons (Fsp3) is 0.538. The molecule has 1 fully saturated rings. The molecule has 0 radical (unpaired) electrons. The second-order valence-corrected chi connectivity index (χ2v) is 4.46. The molecule has 1 aromatic rings. The van der Waals surface area contributed by atoms with Crippen LogP contribution in [0.15, 0.2) is 24.3 Å². The van der Waals surface area contributed by atoms with Gasteiger partial charge in [0.25, 0.3) is 0 Å². The highest BCUT2D eigenvalue weighted by molar-refractivity contribution is 5.24. The summed E-state index contributed by atoms with van der Waals surface area (Å²) in [6.07, 6.45) is 3.69. The van der Waals surface area contributed by atoms with Gasteiger partial charge in [0.2, 0.25) is 0 Å². The van der Waals surface area contributed by atoms with E-state index in [0.29, 0.717) is 0 Å². The van der Waals surface area contributed by atoms with Crippen molar-refractivity contribution in [1.82, 2.24) is 5.43 Å². The predicted octanol–water partition coefficient (Wildman–Crippen LogP) is 2.07. The Balaban J connectivity index is 2.11. The Labute approximate surface area is 97.0 Å². The monoisotopic (exact) mass is 220 g/mol. The van der Waals surface area contributed by atoms with Crippen LogP contribution < -0.4 is 11.3 Å². The van der Waals surface area contributed by atoms with Gasteiger partial charge in [-0.1, -0.05) is 29.8 Å². The topological polar surface area (TPSA) is 47.3 Å². The minimum Gasteiger partial charge on any atom is -0.376 e. The fourth-order valence-electron chi connectivity index (χ4n) is 2.22. The van der Waals surface area contributed by atoms with Crippen LogP contribution in [0.2, 0.25) is 0 Å². The number of benzene rings is 1. The Kier molecular flexibility index (Phi) is 3.93. The summed E-state index contributed by atoms with van der Waals surface area (Å²) in [5.41, 5.74) is 5.36. The van der Waals surface area contributed by atoms with E-state index in [1.54, 1.807) is 0 Å². The summed E-state index contributed by atoms with van der Waals surface area (Å²) in [4.78, 5) is 0. The van der Waals surface area contributed by atoms with E-state index in [1.165, 1.54) is 24.0 Å². The van der Waals surface area contributed by atoms with Crippen molar-refractivity contribution in [2.45, 2.75) is 38.3 Å². The molecule has 0 saturated carbocycles. The van der Waals surface area contributed by atoms with Gasteiger partial charge in [0, 0.05) is 6.61 Å². The number of aryl methyl sites for hydroxylation is 1. The van der Waals surface area contributed by atoms with Crippen molar-refractivity contribution in [3.05, 3.63) is 35.4 Å². The lowest BCUT2D eigenvalue weighted by Crippen LogP contribution is -2.39. The molecule has 0 bridgehead atoms. The van der Waals surface area contributed by atoms with Crippen molar-refractivity contribution in [2.24, 2.45) is 5.84 Å². The Morgan fingerprint density at radius 3 is 2.62 bits per heavy atom. The smallest absolute Gasteiger partial charge is 0.0782 e. The first kappa shape index (κ1) is 11.6. The molecule has 0 aromatic heterocycles. The zero-order chi connectivity index (χ0) is 11.4. The lowest BCUT2D eigenvalue weighted by Gasteiger charge is -2.30. The van der Waals surface area contributed by atoms with Gasteiger partial charge < -0.3 is 4.74 Å². The summed E-state index contributed by atoms with van der Waals surface area (Å²) in [6, 6.07) is 8.58. The lowest BCUT2D eigenvalue weighted by molar-refractivity contribution is -0.00822. The average molecular weight is 220 g/mol. The van der Waals surface area contributed by atoms with Crippen LogP contribution in [0.4, 0.5) is 0 Å². The van der Waals surface area contributed by atoms with Gasteiger partial charge in [-0.05, 0) is 31.7 Å². The summed E-state index contributed by atoms with van der Waals surface area (Å²) in [5, 5.41) is 0. The molecular formula is C13H20N2O. The van der Waals surface area contributed by atoms with E-state index in [0.717, 1.165) is 13.0 Å². The third-order valence-electron chi connectivity index (χ3n) is 3.20. The van der Waals surface area contributed by atoms with E-state index in [1.807, 2.05) is 0 Å². The summed E-state index contributed by atoms with van der Waals surface area (Å²) < 4.78 is 5.77. The van der Waals surface area contributed by atoms with Gasteiger partial charge in [0.05, 0.1) is 12.1 Å². The van der Waals surface area contributed by atoms with Gasteiger partial charge in [-0.2, -0.15) is 0 Å². The first-order valence-electron chi connectivity index (χ1n) is 5.95. The van der Waals surface area contributed by atoms with E-state index in [4.69, 9.17) is 10.6 Å². The summed E-state index contributed by atoms with van der Waals surface area (Å²) in [7, 11) is 0. The molecule has 3 N–H and O–H groups in total. The van der Waals surface area contributed by atoms with Crippen LogP contribution in [0.25, 0.3) is 0 Å². The Bertz CT molecular complexity index is 317. The second kappa shape index (κ2) is 5.43. The van der Waals surface area contributed by atoms with Gasteiger partial charge in [-0.3, -0.25) is 11.3 Å². The van der Waals surface area contributed by atoms with Crippen LogP contribution in [0.3, 0.4) is 0 Å². The largest absolute Gasteiger partial charge is 0.376 e. The molecule has 1 aliphatic rings. The number of ether oxygens (including phenoxy) is 1. The highest BCUT2D eigenvalue weighted by Crippen LogP contribution is 2.25. The van der Waals surface area contributed by atoms with E-state index in [2.05, 4.69) is 36.6 Å². The maximum atomic E-state index is 5.77. The van der Waals surface area contributed by atoms with Gasteiger partial charge >= 0.3 is 0 Å². The van der Waals surface area contributed by atoms with E-state index >= 15 is 0 Å². The van der Waals surface area contributed by atoms with Crippen LogP contribution in [-0.4, -0.2) is 12.7 Å². The number of hydrogen-bond acceptors (Lipinski definition) is 3. The van der Waals surface area contributed by atoms with Crippen LogP contribution in [-0.2, 0) is 4.74 Å². The van der Waals surface area contributed by atoms with E-state index in [-0.39, 0.29) is 12.1 Å². The molecule has 0 spiro atoms. The van der Waals surface area contributed by atoms with Gasteiger partial charge in [0.1, 0.15) is 0 Å². The number of hydrogen-bond donors (Lipinski definition) is 2. The molecule has 88 valence electrons. The van der Waals surface area contributed by atoms with Crippen molar-refractivity contribution < 1.29 is 4.74 Å². The maximum Gasteiger partial charge on any atom is 0.0782 e. The molecule has 1 aromatic carbocycles. The van der Waals surface area contributed by atoms with Crippen molar-refractivity contribution in [2.75, 3.05) is 6.61 Å². The second-order valence-electron chi connectivity index (χ2n) is 4.46. The maximum absolute atomic E-state index is 5.77. The minimum absolute atomic E-state index is 0.112. The van der Waals surface area contributed by atoms with Crippen LogP contribution in [0.1, 0.15) is 36.4 Å². The van der Waals surface area contributed by atoms with Crippen molar-refractivity contribution >= 4 is 0 Å². The van der Waals surface area contributed by atoms with Gasteiger partial charge in [-0.15, -0.1) is 0 Å². The summed E-state index contributed by atoms with van der Waals surface area (Å²) in [5.74, 6) is 5.64. The zero-order valence-corrected chi connectivity index (χ0v) is 9.78. The summed E-state index contributed by atoms with van der Waals surface area (Å²) >= 11 is 0. The van der Waals surface area contributed by atoms with Crippen LogP contribution in [0, 0.1) is 6.92 Å². The summed E-state index contributed by atoms with van der Waals surface area (Å²) in [6.45, 7) is 2.94. The molecule has 2 unspecified atom stereocenters. The molecule has 1 aliphatic heterocycles. The lowest BCUT2D eigenvalue weighted by atomic mass is 9.96. The highest BCUT2D eigenvalue weighted by Gasteiger charge is 2.24. The quantitative estimate of drug-likeness (QED) is 0.605. The molecule has 1 heterocycles. The highest BCUT2D eigenvalue weighted by atomic mass is 16.5. The fourth-order valence-corrected chi connectivity index (χ4v) is 2.22. The third-order valence-corrected chi connectivity index (χ3v) is 3.20. The zero-order valence-electron chi connectivity index (χ0n) is 9.78. The van der Waals surface area contributed by atoms with E-state index in [9.17, 15) is 0 Å². The van der Waals surface area contributed by atoms with Gasteiger partial charge in [-0.25, -0.2) is 0 Å². The van der Waals surface area contributed by atoms with Crippen molar-refractivity contribution in [3.63, 3.8) is 0 Å². The molecule has 3 nitrogen and oxygen atoms in total. The number of hydrazine groups is 1. The molecule has 2 atom stereocenters. The molecule has 2 rings (SSSR count). The first-order chi connectivity index (χ1) is 7.81. The Hall–Kier alpha value is -0.900. The minimum atomic E-state index is 0.112. The molecule has 0 amide bonds. The molecular weight excluding hydrogens is 200 g/mol. The SMILES string of the molecule is Cc1ccc(C(NN)C2CCCCO2)cc1. The van der Waals surface area contributed by atoms with E-state index < -0.39 is 0 Å². The Morgan fingerprint density at radius 2 is 2.06 bits per heavy atom. The van der Waals surface area contributed by atoms with Crippen LogP contribution >= 0.6 is 0 Å². The number of nitrogens with one attached hydrogen (secondary N) is 1. The molecule has 0 aliphatic carbocycles. The van der Waals surface area contributed by atoms with Gasteiger partial charge in [0.15, 0.2) is 0 Å². The Morgan fingerprint density at radius 1 is 1.31 bits per heavy atom. The predicted molar refractivity (Wildman–Crippen MR) is 64.8 cm³/mol. The average Bonchev–Trinajstić information content (AvgIpc) is 2.34. The normalized spacial score (nSPS) is 23.0. The van der Waals surface area contributed by atoms with Crippen molar-refractivity contribution in [1.29, 1.82) is 0 Å². The third kappa shape index (κ3) is 2.61. The molecule has 3 heteroatoms.